The van der Waals surface area contributed by atoms with E-state index in [1.165, 1.54) is 0 Å². The Morgan fingerprint density at radius 3 is 2.91 bits per heavy atom. The smallest absolute Gasteiger partial charge is 0.316 e. The maximum atomic E-state index is 11.8. The van der Waals surface area contributed by atoms with Crippen molar-refractivity contribution in [3.05, 3.63) is 17.5 Å². The molecule has 1 aliphatic heterocycles. The van der Waals surface area contributed by atoms with Gasteiger partial charge in [-0.2, -0.15) is 4.98 Å². The van der Waals surface area contributed by atoms with Crippen LogP contribution in [0.2, 0.25) is 0 Å². The molecule has 8 nitrogen and oxygen atoms in total. The first kappa shape index (κ1) is 16.2. The summed E-state index contributed by atoms with van der Waals surface area (Å²) in [5.74, 6) is 0.0531. The minimum atomic E-state index is -3.05. The molecule has 0 spiro atoms. The van der Waals surface area contributed by atoms with E-state index in [0.717, 1.165) is 23.1 Å². The summed E-state index contributed by atoms with van der Waals surface area (Å²) in [6, 6.07) is 1.89. The quantitative estimate of drug-likeness (QED) is 0.578. The number of ether oxygens (including phenoxy) is 1. The molecule has 3 rings (SSSR count). The fraction of sp³-hybridized carbons (Fsp3) is 0.538. The highest BCUT2D eigenvalue weighted by molar-refractivity contribution is 7.99. The molecule has 124 valence electrons. The first-order valence-electron chi connectivity index (χ1n) is 7.06. The summed E-state index contributed by atoms with van der Waals surface area (Å²) in [5, 5.41) is 4.72. The standard InChI is InChI=1S/C13H16N4O4S2/c1-8-5-9(2)17-12(14-8)15-13(16-17)22-6-11(18)21-10-3-4-23(19,20)7-10/h5,10H,3-4,6-7H2,1-2H3/t10-/m0/s1. The molecule has 0 aromatic carbocycles. The van der Waals surface area contributed by atoms with E-state index in [9.17, 15) is 13.2 Å². The van der Waals surface area contributed by atoms with E-state index in [2.05, 4.69) is 15.1 Å². The number of aromatic nitrogens is 4. The molecule has 1 aliphatic rings. The number of esters is 1. The van der Waals surface area contributed by atoms with Crippen LogP contribution >= 0.6 is 11.8 Å². The third kappa shape index (κ3) is 3.81. The van der Waals surface area contributed by atoms with Gasteiger partial charge < -0.3 is 4.74 Å². The van der Waals surface area contributed by atoms with Crippen molar-refractivity contribution in [2.45, 2.75) is 31.5 Å². The van der Waals surface area contributed by atoms with Crippen LogP contribution in [0.5, 0.6) is 0 Å². The number of nitrogens with zero attached hydrogens (tertiary/aromatic N) is 4. The van der Waals surface area contributed by atoms with Crippen LogP contribution in [0.25, 0.3) is 5.78 Å². The van der Waals surface area contributed by atoms with Gasteiger partial charge in [-0.25, -0.2) is 17.9 Å². The maximum absolute atomic E-state index is 11.8. The highest BCUT2D eigenvalue weighted by atomic mass is 32.2. The number of hydrogen-bond donors (Lipinski definition) is 0. The number of fused-ring (bicyclic) bond motifs is 1. The molecule has 23 heavy (non-hydrogen) atoms. The second kappa shape index (κ2) is 6.08. The van der Waals surface area contributed by atoms with Crippen LogP contribution in [0.4, 0.5) is 0 Å². The molecule has 0 N–H and O–H groups in total. The Morgan fingerprint density at radius 1 is 1.43 bits per heavy atom. The zero-order chi connectivity index (χ0) is 16.6. The summed E-state index contributed by atoms with van der Waals surface area (Å²) in [5.41, 5.74) is 1.76. The van der Waals surface area contributed by atoms with E-state index < -0.39 is 21.9 Å². The molecular formula is C13H16N4O4S2. The average molecular weight is 356 g/mol. The van der Waals surface area contributed by atoms with E-state index >= 15 is 0 Å². The van der Waals surface area contributed by atoms with Gasteiger partial charge in [-0.3, -0.25) is 4.79 Å². The summed E-state index contributed by atoms with van der Waals surface area (Å²) < 4.78 is 29.5. The number of thioether (sulfide) groups is 1. The van der Waals surface area contributed by atoms with E-state index in [-0.39, 0.29) is 17.3 Å². The topological polar surface area (TPSA) is 104 Å². The molecule has 2 aromatic rings. The molecule has 1 atom stereocenters. The third-order valence-electron chi connectivity index (χ3n) is 3.41. The van der Waals surface area contributed by atoms with Crippen LogP contribution in [-0.2, 0) is 19.4 Å². The number of rotatable bonds is 4. The van der Waals surface area contributed by atoms with Gasteiger partial charge >= 0.3 is 5.97 Å². The lowest BCUT2D eigenvalue weighted by Gasteiger charge is -2.08. The van der Waals surface area contributed by atoms with Crippen LogP contribution in [0.15, 0.2) is 11.2 Å². The molecule has 3 heterocycles. The van der Waals surface area contributed by atoms with Crippen molar-refractivity contribution >= 4 is 33.3 Å². The number of sulfone groups is 1. The minimum absolute atomic E-state index is 0.0332. The van der Waals surface area contributed by atoms with Gasteiger partial charge in [-0.1, -0.05) is 11.8 Å². The van der Waals surface area contributed by atoms with Gasteiger partial charge in [0.2, 0.25) is 5.16 Å². The van der Waals surface area contributed by atoms with Crippen LogP contribution in [0.1, 0.15) is 17.8 Å². The van der Waals surface area contributed by atoms with Gasteiger partial charge in [-0.15, -0.1) is 5.10 Å². The zero-order valence-electron chi connectivity index (χ0n) is 12.7. The van der Waals surface area contributed by atoms with Crippen molar-refractivity contribution < 1.29 is 17.9 Å². The normalized spacial score (nSPS) is 20.0. The maximum Gasteiger partial charge on any atom is 0.316 e. The van der Waals surface area contributed by atoms with Crippen LogP contribution in [0, 0.1) is 13.8 Å². The summed E-state index contributed by atoms with van der Waals surface area (Å²) in [7, 11) is -3.05. The molecule has 0 unspecified atom stereocenters. The van der Waals surface area contributed by atoms with Gasteiger partial charge in [0.05, 0.1) is 17.3 Å². The lowest BCUT2D eigenvalue weighted by molar-refractivity contribution is -0.144. The van der Waals surface area contributed by atoms with Gasteiger partial charge in [0.15, 0.2) is 9.84 Å². The second-order valence-corrected chi connectivity index (χ2v) is 8.62. The number of aryl methyl sites for hydroxylation is 2. The summed E-state index contributed by atoms with van der Waals surface area (Å²) in [4.78, 5) is 20.3. The third-order valence-corrected chi connectivity index (χ3v) is 5.96. The van der Waals surface area contributed by atoms with Crippen molar-refractivity contribution in [1.82, 2.24) is 19.6 Å². The van der Waals surface area contributed by atoms with Gasteiger partial charge in [-0.05, 0) is 26.3 Å². The average Bonchev–Trinajstić information content (AvgIpc) is 2.99. The number of carbonyl (C=O) groups excluding carboxylic acids is 1. The molecule has 0 aliphatic carbocycles. The Bertz CT molecular complexity index is 862. The Labute approximate surface area is 137 Å². The van der Waals surface area contributed by atoms with Crippen LogP contribution in [-0.4, -0.2) is 57.3 Å². The lowest BCUT2D eigenvalue weighted by atomic mass is 10.3. The molecule has 2 aromatic heterocycles. The van der Waals surface area contributed by atoms with E-state index in [1.54, 1.807) is 4.52 Å². The SMILES string of the molecule is Cc1cc(C)n2nc(SCC(=O)O[C@H]3CCS(=O)(=O)C3)nc2n1. The highest BCUT2D eigenvalue weighted by Crippen LogP contribution is 2.18. The Kier molecular flexibility index (Phi) is 4.28. The predicted molar refractivity (Wildman–Crippen MR) is 84.1 cm³/mol. The van der Waals surface area contributed by atoms with Crippen LogP contribution < -0.4 is 0 Å². The highest BCUT2D eigenvalue weighted by Gasteiger charge is 2.30. The zero-order valence-corrected chi connectivity index (χ0v) is 14.4. The molecule has 0 radical (unpaired) electrons. The minimum Gasteiger partial charge on any atom is -0.461 e. The molecule has 1 fully saturated rings. The van der Waals surface area contributed by atoms with Crippen molar-refractivity contribution in [3.63, 3.8) is 0 Å². The Hall–Kier alpha value is -1.68. The number of carbonyl (C=O) groups is 1. The van der Waals surface area contributed by atoms with E-state index in [4.69, 9.17) is 4.74 Å². The van der Waals surface area contributed by atoms with Gasteiger partial charge in [0.25, 0.3) is 5.78 Å². The first-order valence-corrected chi connectivity index (χ1v) is 9.87. The van der Waals surface area contributed by atoms with Crippen LogP contribution in [0.3, 0.4) is 0 Å². The lowest BCUT2D eigenvalue weighted by Crippen LogP contribution is -2.20. The van der Waals surface area contributed by atoms with E-state index in [1.807, 2.05) is 19.9 Å². The fourth-order valence-corrected chi connectivity index (χ4v) is 4.60. The number of hydrogen-bond acceptors (Lipinski definition) is 8. The largest absolute Gasteiger partial charge is 0.461 e. The summed E-state index contributed by atoms with van der Waals surface area (Å²) in [6.07, 6.45) is -0.165. The molecular weight excluding hydrogens is 340 g/mol. The molecule has 0 amide bonds. The van der Waals surface area contributed by atoms with Gasteiger partial charge in [0.1, 0.15) is 6.10 Å². The fourth-order valence-electron chi connectivity index (χ4n) is 2.41. The molecule has 10 heteroatoms. The molecule has 1 saturated heterocycles. The Balaban J connectivity index is 1.60. The molecule has 0 bridgehead atoms. The second-order valence-electron chi connectivity index (χ2n) is 5.45. The van der Waals surface area contributed by atoms with Crippen molar-refractivity contribution in [1.29, 1.82) is 0 Å². The first-order chi connectivity index (χ1) is 10.8. The molecule has 0 saturated carbocycles. The van der Waals surface area contributed by atoms with Crippen molar-refractivity contribution in [3.8, 4) is 0 Å². The van der Waals surface area contributed by atoms with Crippen molar-refractivity contribution in [2.24, 2.45) is 0 Å². The van der Waals surface area contributed by atoms with Gasteiger partial charge in [0, 0.05) is 11.4 Å². The van der Waals surface area contributed by atoms with E-state index in [0.29, 0.717) is 17.4 Å². The summed E-state index contributed by atoms with van der Waals surface area (Å²) >= 11 is 1.15. The monoisotopic (exact) mass is 356 g/mol. The van der Waals surface area contributed by atoms with Crippen molar-refractivity contribution in [2.75, 3.05) is 17.3 Å². The Morgan fingerprint density at radius 2 is 2.22 bits per heavy atom. The summed E-state index contributed by atoms with van der Waals surface area (Å²) in [6.45, 7) is 3.78. The predicted octanol–water partition coefficient (Wildman–Crippen LogP) is 0.564.